The monoisotopic (exact) mass is 426 g/mol. The molecule has 2 saturated carbocycles. The Morgan fingerprint density at radius 1 is 1.17 bits per heavy atom. The lowest BCUT2D eigenvalue weighted by Gasteiger charge is -2.46. The number of fused-ring (bicyclic) bond motifs is 1. The quantitative estimate of drug-likeness (QED) is 0.689. The van der Waals surface area contributed by atoms with Crippen LogP contribution in [0.15, 0.2) is 0 Å². The molecule has 1 N–H and O–H groups in total. The second-order valence-electron chi connectivity index (χ2n) is 9.22. The van der Waals surface area contributed by atoms with Crippen LogP contribution in [0, 0.1) is 5.92 Å². The molecule has 4 rings (SSSR count). The summed E-state index contributed by atoms with van der Waals surface area (Å²) in [6.45, 7) is 2.93. The predicted molar refractivity (Wildman–Crippen MR) is 105 cm³/mol. The molecular formula is C19H30N4O5S. The van der Waals surface area contributed by atoms with E-state index in [0.717, 1.165) is 30.6 Å². The summed E-state index contributed by atoms with van der Waals surface area (Å²) in [5, 5.41) is -0.650. The summed E-state index contributed by atoms with van der Waals surface area (Å²) in [7, 11) is -1.90. The van der Waals surface area contributed by atoms with Gasteiger partial charge in [-0.2, -0.15) is 0 Å². The minimum absolute atomic E-state index is 0.181. The van der Waals surface area contributed by atoms with E-state index in [2.05, 4.69) is 4.72 Å². The number of carbonyl (C=O) groups excluding carboxylic acids is 3. The van der Waals surface area contributed by atoms with Gasteiger partial charge >= 0.3 is 6.03 Å². The molecule has 0 spiro atoms. The summed E-state index contributed by atoms with van der Waals surface area (Å²) in [5.74, 6) is -1.23. The average molecular weight is 427 g/mol. The average Bonchev–Trinajstić information content (AvgIpc) is 3.16. The Bertz CT molecular complexity index is 818. The largest absolute Gasteiger partial charge is 0.341 e. The van der Waals surface area contributed by atoms with Crippen molar-refractivity contribution in [2.75, 3.05) is 26.7 Å². The Balaban J connectivity index is 1.48. The topological polar surface area (TPSA) is 107 Å². The van der Waals surface area contributed by atoms with Crippen LogP contribution >= 0.6 is 0 Å². The maximum absolute atomic E-state index is 13.1. The molecule has 10 heteroatoms. The molecule has 2 saturated heterocycles. The van der Waals surface area contributed by atoms with E-state index in [1.165, 1.54) is 4.90 Å². The number of urea groups is 1. The van der Waals surface area contributed by atoms with Crippen molar-refractivity contribution < 1.29 is 22.8 Å². The Labute approximate surface area is 171 Å². The third-order valence-electron chi connectivity index (χ3n) is 6.96. The number of hydrogen-bond donors (Lipinski definition) is 1. The van der Waals surface area contributed by atoms with E-state index in [-0.39, 0.29) is 30.5 Å². The highest BCUT2D eigenvalue weighted by atomic mass is 32.2. The van der Waals surface area contributed by atoms with Crippen molar-refractivity contribution in [2.45, 2.75) is 68.7 Å². The van der Waals surface area contributed by atoms with Gasteiger partial charge in [0, 0.05) is 31.7 Å². The predicted octanol–water partition coefficient (Wildman–Crippen LogP) is 0.512. The molecule has 0 bridgehead atoms. The molecule has 0 aromatic heterocycles. The van der Waals surface area contributed by atoms with Crippen molar-refractivity contribution in [2.24, 2.45) is 5.92 Å². The molecular weight excluding hydrogens is 396 g/mol. The zero-order valence-corrected chi connectivity index (χ0v) is 17.9. The van der Waals surface area contributed by atoms with Crippen molar-refractivity contribution >= 4 is 27.9 Å². The van der Waals surface area contributed by atoms with E-state index >= 15 is 0 Å². The van der Waals surface area contributed by atoms with Crippen LogP contribution in [-0.2, 0) is 19.6 Å². The normalized spacial score (nSPS) is 31.8. The molecule has 29 heavy (non-hydrogen) atoms. The van der Waals surface area contributed by atoms with Gasteiger partial charge < -0.3 is 9.80 Å². The van der Waals surface area contributed by atoms with Gasteiger partial charge in [0.15, 0.2) is 0 Å². The first-order valence-electron chi connectivity index (χ1n) is 10.5. The van der Waals surface area contributed by atoms with Crippen LogP contribution in [0.4, 0.5) is 4.79 Å². The number of likely N-dealkylation sites (tertiary alicyclic amines) is 1. The van der Waals surface area contributed by atoms with Crippen LogP contribution in [-0.4, -0.2) is 84.5 Å². The highest BCUT2D eigenvalue weighted by Gasteiger charge is 2.51. The number of nitrogens with zero attached hydrogens (tertiary/aromatic N) is 3. The van der Waals surface area contributed by atoms with Gasteiger partial charge in [0.05, 0.1) is 11.2 Å². The molecule has 2 aliphatic carbocycles. The number of sulfonamides is 1. The van der Waals surface area contributed by atoms with Crippen LogP contribution in [0.3, 0.4) is 0 Å². The van der Waals surface area contributed by atoms with E-state index in [9.17, 15) is 22.8 Å². The number of hydrogen-bond acceptors (Lipinski definition) is 5. The summed E-state index contributed by atoms with van der Waals surface area (Å²) in [6.07, 6.45) is 4.59. The van der Waals surface area contributed by atoms with E-state index in [0.29, 0.717) is 25.9 Å². The maximum Gasteiger partial charge on any atom is 0.327 e. The van der Waals surface area contributed by atoms with Gasteiger partial charge in [-0.3, -0.25) is 14.5 Å². The van der Waals surface area contributed by atoms with Crippen LogP contribution < -0.4 is 4.72 Å². The van der Waals surface area contributed by atoms with Crippen LogP contribution in [0.1, 0.15) is 51.9 Å². The van der Waals surface area contributed by atoms with Gasteiger partial charge in [-0.05, 0) is 51.9 Å². The Kier molecular flexibility index (Phi) is 5.13. The fourth-order valence-corrected chi connectivity index (χ4v) is 6.78. The summed E-state index contributed by atoms with van der Waals surface area (Å²) in [5.41, 5.74) is -0.354. The summed E-state index contributed by atoms with van der Waals surface area (Å²) in [4.78, 5) is 42.6. The fourth-order valence-electron chi connectivity index (χ4n) is 4.82. The molecule has 0 radical (unpaired) electrons. The lowest BCUT2D eigenvalue weighted by atomic mass is 9.81. The van der Waals surface area contributed by atoms with E-state index in [4.69, 9.17) is 0 Å². The van der Waals surface area contributed by atoms with Crippen LogP contribution in [0.25, 0.3) is 0 Å². The SMILES string of the molecule is CN1C(=O)N(CC(=O)N2CCCC2)C(=O)C2CC(S(=O)(=O)NC3(C)CC3)CCC21. The van der Waals surface area contributed by atoms with E-state index in [1.54, 1.807) is 11.9 Å². The minimum Gasteiger partial charge on any atom is -0.341 e. The highest BCUT2D eigenvalue weighted by Crippen LogP contribution is 2.39. The number of amides is 4. The standard InChI is InChI=1S/C19H30N4O5S/c1-19(7-8-19)20-29(27,28)13-5-6-15-14(11-13)17(25)23(18(26)21(15)2)12-16(24)22-9-3-4-10-22/h13-15,20H,3-12H2,1-2H3. The van der Waals surface area contributed by atoms with Crippen molar-refractivity contribution in [3.8, 4) is 0 Å². The van der Waals surface area contributed by atoms with Crippen LogP contribution in [0.2, 0.25) is 0 Å². The molecule has 162 valence electrons. The van der Waals surface area contributed by atoms with Crippen molar-refractivity contribution in [1.29, 1.82) is 0 Å². The van der Waals surface area contributed by atoms with Crippen LogP contribution in [0.5, 0.6) is 0 Å². The molecule has 3 unspecified atom stereocenters. The zero-order chi connectivity index (χ0) is 21.0. The zero-order valence-electron chi connectivity index (χ0n) is 17.1. The summed E-state index contributed by atoms with van der Waals surface area (Å²) >= 11 is 0. The molecule has 2 aliphatic heterocycles. The van der Waals surface area contributed by atoms with Gasteiger partial charge in [0.1, 0.15) is 6.54 Å². The second-order valence-corrected chi connectivity index (χ2v) is 11.2. The van der Waals surface area contributed by atoms with E-state index in [1.807, 2.05) is 6.92 Å². The van der Waals surface area contributed by atoms with Gasteiger partial charge in [0.25, 0.3) is 0 Å². The molecule has 0 aromatic carbocycles. The lowest BCUT2D eigenvalue weighted by Crippen LogP contribution is -2.64. The number of carbonyl (C=O) groups is 3. The Hall–Kier alpha value is -1.68. The first kappa shape index (κ1) is 20.6. The number of imide groups is 1. The van der Waals surface area contributed by atoms with E-state index < -0.39 is 33.1 Å². The molecule has 4 fully saturated rings. The Morgan fingerprint density at radius 3 is 2.45 bits per heavy atom. The first-order valence-corrected chi connectivity index (χ1v) is 12.0. The maximum atomic E-state index is 13.1. The summed E-state index contributed by atoms with van der Waals surface area (Å²) < 4.78 is 28.4. The smallest absolute Gasteiger partial charge is 0.327 e. The highest BCUT2D eigenvalue weighted by molar-refractivity contribution is 7.90. The molecule has 4 amide bonds. The van der Waals surface area contributed by atoms with Gasteiger partial charge in [-0.15, -0.1) is 0 Å². The first-order chi connectivity index (χ1) is 13.6. The summed E-state index contributed by atoms with van der Waals surface area (Å²) in [6, 6.07) is -0.773. The molecule has 9 nitrogen and oxygen atoms in total. The molecule has 3 atom stereocenters. The lowest BCUT2D eigenvalue weighted by molar-refractivity contribution is -0.145. The number of rotatable bonds is 5. The molecule has 4 aliphatic rings. The van der Waals surface area contributed by atoms with Gasteiger partial charge in [-0.25, -0.2) is 17.9 Å². The number of nitrogens with one attached hydrogen (secondary N) is 1. The van der Waals surface area contributed by atoms with Crippen molar-refractivity contribution in [1.82, 2.24) is 19.4 Å². The van der Waals surface area contributed by atoms with Crippen molar-refractivity contribution in [3.63, 3.8) is 0 Å². The van der Waals surface area contributed by atoms with Gasteiger partial charge in [0.2, 0.25) is 21.8 Å². The Morgan fingerprint density at radius 2 is 1.83 bits per heavy atom. The third-order valence-corrected chi connectivity index (χ3v) is 9.04. The molecule has 0 aromatic rings. The molecule has 2 heterocycles. The van der Waals surface area contributed by atoms with Crippen molar-refractivity contribution in [3.05, 3.63) is 0 Å². The van der Waals surface area contributed by atoms with Gasteiger partial charge in [-0.1, -0.05) is 0 Å². The fraction of sp³-hybridized carbons (Fsp3) is 0.842. The minimum atomic E-state index is -3.54. The second kappa shape index (κ2) is 7.23. The third kappa shape index (κ3) is 3.88.